The molecule has 114 valence electrons. The number of piperazine rings is 1. The van der Waals surface area contributed by atoms with Crippen molar-refractivity contribution in [2.24, 2.45) is 0 Å². The monoisotopic (exact) mass is 329 g/mol. The van der Waals surface area contributed by atoms with E-state index in [-0.39, 0.29) is 34.6 Å². The number of fused-ring (bicyclic) bond motifs is 1. The summed E-state index contributed by atoms with van der Waals surface area (Å²) >= 11 is 7.21. The third-order valence-corrected chi connectivity index (χ3v) is 5.44. The molecule has 1 N–H and O–H groups in total. The minimum Gasteiger partial charge on any atom is -0.465 e. The Hall–Kier alpha value is -1.34. The van der Waals surface area contributed by atoms with Crippen LogP contribution in [0.5, 0.6) is 0 Å². The Labute approximate surface area is 131 Å². The lowest BCUT2D eigenvalue weighted by atomic mass is 9.88. The quantitative estimate of drug-likeness (QED) is 0.838. The van der Waals surface area contributed by atoms with Crippen molar-refractivity contribution in [2.75, 3.05) is 18.6 Å². The van der Waals surface area contributed by atoms with E-state index in [1.165, 1.54) is 18.4 Å². The van der Waals surface area contributed by atoms with Gasteiger partial charge in [0.2, 0.25) is 5.91 Å². The zero-order valence-corrected chi connectivity index (χ0v) is 13.2. The Balaban J connectivity index is 1.90. The van der Waals surface area contributed by atoms with E-state index in [0.29, 0.717) is 5.13 Å². The van der Waals surface area contributed by atoms with Crippen LogP contribution in [-0.4, -0.2) is 42.6 Å². The number of halogens is 1. The molecule has 1 saturated carbocycles. The number of methoxy groups -OCH3 is 1. The highest BCUT2D eigenvalue weighted by Gasteiger charge is 2.38. The Morgan fingerprint density at radius 1 is 1.48 bits per heavy atom. The molecule has 1 amide bonds. The van der Waals surface area contributed by atoms with Crippen molar-refractivity contribution in [3.8, 4) is 0 Å². The summed E-state index contributed by atoms with van der Waals surface area (Å²) in [4.78, 5) is 30.0. The Morgan fingerprint density at radius 3 is 3.00 bits per heavy atom. The number of nitrogens with zero attached hydrogens (tertiary/aromatic N) is 2. The molecule has 2 atom stereocenters. The molecule has 1 saturated heterocycles. The van der Waals surface area contributed by atoms with Gasteiger partial charge in [0.25, 0.3) is 0 Å². The molecule has 2 unspecified atom stereocenters. The summed E-state index contributed by atoms with van der Waals surface area (Å²) in [5.41, 5.74) is 0. The van der Waals surface area contributed by atoms with Gasteiger partial charge in [-0.25, -0.2) is 9.78 Å². The number of ether oxygens (including phenoxy) is 1. The lowest BCUT2D eigenvalue weighted by Crippen LogP contribution is -2.61. The van der Waals surface area contributed by atoms with E-state index in [4.69, 9.17) is 16.3 Å². The van der Waals surface area contributed by atoms with Gasteiger partial charge in [0.15, 0.2) is 15.2 Å². The highest BCUT2D eigenvalue weighted by molar-refractivity contribution is 7.18. The molecule has 2 aliphatic rings. The molecule has 0 bridgehead atoms. The summed E-state index contributed by atoms with van der Waals surface area (Å²) in [5, 5.41) is 3.80. The number of amides is 1. The van der Waals surface area contributed by atoms with Gasteiger partial charge in [-0.1, -0.05) is 35.8 Å². The number of hydrogen-bond donors (Lipinski definition) is 1. The molecule has 3 rings (SSSR count). The SMILES string of the molecule is COC(=O)c1sc(N2CC(=O)NC3CCCCC32)nc1Cl. The molecule has 2 heterocycles. The molecule has 8 heteroatoms. The number of nitrogens with one attached hydrogen (secondary N) is 1. The second-order valence-electron chi connectivity index (χ2n) is 5.26. The van der Waals surface area contributed by atoms with Gasteiger partial charge in [0, 0.05) is 6.04 Å². The van der Waals surface area contributed by atoms with Crippen LogP contribution < -0.4 is 10.2 Å². The maximum absolute atomic E-state index is 11.9. The third-order valence-electron chi connectivity index (χ3n) is 3.98. The van der Waals surface area contributed by atoms with E-state index in [2.05, 4.69) is 10.3 Å². The molecule has 21 heavy (non-hydrogen) atoms. The molecule has 0 radical (unpaired) electrons. The topological polar surface area (TPSA) is 71.5 Å². The van der Waals surface area contributed by atoms with Crippen LogP contribution in [0.4, 0.5) is 5.13 Å². The van der Waals surface area contributed by atoms with Crippen molar-refractivity contribution >= 4 is 39.9 Å². The standard InChI is InChI=1S/C13H16ClN3O3S/c1-20-12(19)10-11(14)16-13(21-10)17-6-9(18)15-7-4-2-3-5-8(7)17/h7-8H,2-6H2,1H3,(H,15,18). The summed E-state index contributed by atoms with van der Waals surface area (Å²) in [7, 11) is 1.31. The Bertz CT molecular complexity index is 577. The van der Waals surface area contributed by atoms with Gasteiger partial charge in [-0.15, -0.1) is 0 Å². The molecule has 0 aromatic carbocycles. The first-order valence-electron chi connectivity index (χ1n) is 6.91. The fraction of sp³-hybridized carbons (Fsp3) is 0.615. The molecular weight excluding hydrogens is 314 g/mol. The molecule has 6 nitrogen and oxygen atoms in total. The number of esters is 1. The van der Waals surface area contributed by atoms with Gasteiger partial charge in [-0.3, -0.25) is 4.79 Å². The molecule has 1 aromatic rings. The number of carbonyl (C=O) groups is 2. The fourth-order valence-electron chi connectivity index (χ4n) is 3.02. The molecule has 1 aromatic heterocycles. The number of rotatable bonds is 2. The van der Waals surface area contributed by atoms with Crippen molar-refractivity contribution in [1.29, 1.82) is 0 Å². The minimum absolute atomic E-state index is 0.0101. The Kier molecular flexibility index (Phi) is 4.03. The van der Waals surface area contributed by atoms with Crippen LogP contribution in [0.1, 0.15) is 35.4 Å². The van der Waals surface area contributed by atoms with E-state index in [1.54, 1.807) is 0 Å². The van der Waals surface area contributed by atoms with E-state index in [0.717, 1.165) is 25.7 Å². The number of anilines is 1. The third kappa shape index (κ3) is 2.72. The average Bonchev–Trinajstić information content (AvgIpc) is 2.87. The van der Waals surface area contributed by atoms with Crippen molar-refractivity contribution in [3.63, 3.8) is 0 Å². The first-order chi connectivity index (χ1) is 10.1. The highest BCUT2D eigenvalue weighted by atomic mass is 35.5. The lowest BCUT2D eigenvalue weighted by Gasteiger charge is -2.43. The van der Waals surface area contributed by atoms with Crippen LogP contribution in [0.15, 0.2) is 0 Å². The largest absolute Gasteiger partial charge is 0.465 e. The van der Waals surface area contributed by atoms with Crippen LogP contribution in [0.3, 0.4) is 0 Å². The summed E-state index contributed by atoms with van der Waals surface area (Å²) in [6.45, 7) is 0.256. The number of thiazole rings is 1. The van der Waals surface area contributed by atoms with Gasteiger partial charge < -0.3 is 15.0 Å². The predicted molar refractivity (Wildman–Crippen MR) is 80.0 cm³/mol. The average molecular weight is 330 g/mol. The van der Waals surface area contributed by atoms with Gasteiger partial charge in [-0.05, 0) is 12.8 Å². The molecular formula is C13H16ClN3O3S. The first-order valence-corrected chi connectivity index (χ1v) is 8.10. The van der Waals surface area contributed by atoms with E-state index in [1.807, 2.05) is 4.90 Å². The number of carbonyl (C=O) groups excluding carboxylic acids is 2. The zero-order chi connectivity index (χ0) is 15.0. The van der Waals surface area contributed by atoms with Crippen LogP contribution in [-0.2, 0) is 9.53 Å². The summed E-state index contributed by atoms with van der Waals surface area (Å²) in [6, 6.07) is 0.383. The van der Waals surface area contributed by atoms with Gasteiger partial charge in [0.1, 0.15) is 0 Å². The number of aromatic nitrogens is 1. The summed E-state index contributed by atoms with van der Waals surface area (Å²) in [5.74, 6) is -0.505. The highest BCUT2D eigenvalue weighted by Crippen LogP contribution is 2.35. The van der Waals surface area contributed by atoms with Crippen LogP contribution >= 0.6 is 22.9 Å². The summed E-state index contributed by atoms with van der Waals surface area (Å²) in [6.07, 6.45) is 4.25. The number of hydrogen-bond acceptors (Lipinski definition) is 6. The van der Waals surface area contributed by atoms with E-state index >= 15 is 0 Å². The zero-order valence-electron chi connectivity index (χ0n) is 11.6. The van der Waals surface area contributed by atoms with Crippen LogP contribution in [0.25, 0.3) is 0 Å². The minimum atomic E-state index is -0.495. The van der Waals surface area contributed by atoms with E-state index < -0.39 is 5.97 Å². The first kappa shape index (κ1) is 14.6. The molecule has 2 fully saturated rings. The van der Waals surface area contributed by atoms with E-state index in [9.17, 15) is 9.59 Å². The second-order valence-corrected chi connectivity index (χ2v) is 6.60. The molecule has 0 spiro atoms. The fourth-order valence-corrected chi connectivity index (χ4v) is 4.28. The van der Waals surface area contributed by atoms with Crippen LogP contribution in [0.2, 0.25) is 5.15 Å². The van der Waals surface area contributed by atoms with Gasteiger partial charge in [0.05, 0.1) is 19.7 Å². The van der Waals surface area contributed by atoms with Crippen molar-refractivity contribution in [1.82, 2.24) is 10.3 Å². The maximum atomic E-state index is 11.9. The predicted octanol–water partition coefficient (Wildman–Crippen LogP) is 1.83. The second kappa shape index (κ2) is 5.81. The van der Waals surface area contributed by atoms with Crippen molar-refractivity contribution < 1.29 is 14.3 Å². The molecule has 1 aliphatic heterocycles. The van der Waals surface area contributed by atoms with Gasteiger partial charge >= 0.3 is 5.97 Å². The molecule has 1 aliphatic carbocycles. The normalized spacial score (nSPS) is 25.2. The van der Waals surface area contributed by atoms with Crippen molar-refractivity contribution in [3.05, 3.63) is 10.0 Å². The lowest BCUT2D eigenvalue weighted by molar-refractivity contribution is -0.122. The maximum Gasteiger partial charge on any atom is 0.351 e. The van der Waals surface area contributed by atoms with Crippen LogP contribution in [0, 0.1) is 0 Å². The smallest absolute Gasteiger partial charge is 0.351 e. The van der Waals surface area contributed by atoms with Crippen molar-refractivity contribution in [2.45, 2.75) is 37.8 Å². The Morgan fingerprint density at radius 2 is 2.24 bits per heavy atom. The van der Waals surface area contributed by atoms with Gasteiger partial charge in [-0.2, -0.15) is 0 Å². The summed E-state index contributed by atoms with van der Waals surface area (Å²) < 4.78 is 4.69.